The van der Waals surface area contributed by atoms with E-state index < -0.39 is 12.0 Å². The molecule has 0 heterocycles. The first kappa shape index (κ1) is 19.1. The monoisotopic (exact) mass is 323 g/mol. The van der Waals surface area contributed by atoms with Crippen LogP contribution in [0.15, 0.2) is 18.2 Å². The Balaban J connectivity index is 2.97. The third-order valence-corrected chi connectivity index (χ3v) is 3.31. The lowest BCUT2D eigenvalue weighted by atomic mass is 9.99. The van der Waals surface area contributed by atoms with Crippen molar-refractivity contribution in [1.82, 2.24) is 5.32 Å². The van der Waals surface area contributed by atoms with Crippen molar-refractivity contribution in [2.75, 3.05) is 34.0 Å². The van der Waals surface area contributed by atoms with Crippen LogP contribution in [0, 0.1) is 6.92 Å². The SMILES string of the molecule is CCOC(=O)CC(NCCOC)C(=O)c1cc(C)ccc1OC. The Morgan fingerprint density at radius 1 is 1.26 bits per heavy atom. The average molecular weight is 323 g/mol. The maximum atomic E-state index is 12.8. The van der Waals surface area contributed by atoms with Gasteiger partial charge in [0.25, 0.3) is 0 Å². The number of rotatable bonds is 10. The van der Waals surface area contributed by atoms with E-state index in [4.69, 9.17) is 14.2 Å². The lowest BCUT2D eigenvalue weighted by molar-refractivity contribution is -0.143. The van der Waals surface area contributed by atoms with Crippen molar-refractivity contribution in [2.45, 2.75) is 26.3 Å². The van der Waals surface area contributed by atoms with Gasteiger partial charge in [-0.15, -0.1) is 0 Å². The average Bonchev–Trinajstić information content (AvgIpc) is 2.53. The Labute approximate surface area is 137 Å². The van der Waals surface area contributed by atoms with Crippen molar-refractivity contribution in [3.8, 4) is 5.75 Å². The number of ketones is 1. The third kappa shape index (κ3) is 6.00. The Kier molecular flexibility index (Phi) is 8.29. The zero-order chi connectivity index (χ0) is 17.2. The van der Waals surface area contributed by atoms with Gasteiger partial charge in [-0.05, 0) is 26.0 Å². The van der Waals surface area contributed by atoms with E-state index in [9.17, 15) is 9.59 Å². The van der Waals surface area contributed by atoms with E-state index >= 15 is 0 Å². The molecule has 0 bridgehead atoms. The van der Waals surface area contributed by atoms with Crippen LogP contribution in [0.2, 0.25) is 0 Å². The molecular formula is C17H25NO5. The molecular weight excluding hydrogens is 298 g/mol. The molecule has 1 N–H and O–H groups in total. The van der Waals surface area contributed by atoms with Gasteiger partial charge in [-0.3, -0.25) is 9.59 Å². The maximum absolute atomic E-state index is 12.8. The predicted octanol–water partition coefficient (Wildman–Crippen LogP) is 1.74. The lowest BCUT2D eigenvalue weighted by Gasteiger charge is -2.18. The Bertz CT molecular complexity index is 530. The van der Waals surface area contributed by atoms with E-state index in [0.717, 1.165) is 5.56 Å². The summed E-state index contributed by atoms with van der Waals surface area (Å²) in [7, 11) is 3.09. The van der Waals surface area contributed by atoms with Gasteiger partial charge in [0.15, 0.2) is 5.78 Å². The number of methoxy groups -OCH3 is 2. The molecule has 23 heavy (non-hydrogen) atoms. The van der Waals surface area contributed by atoms with Crippen LogP contribution in [0.4, 0.5) is 0 Å². The molecule has 0 radical (unpaired) electrons. The summed E-state index contributed by atoms with van der Waals surface area (Å²) >= 11 is 0. The first-order chi connectivity index (χ1) is 11.0. The van der Waals surface area contributed by atoms with Crippen LogP contribution in [0.5, 0.6) is 5.75 Å². The van der Waals surface area contributed by atoms with E-state index in [1.54, 1.807) is 26.2 Å². The molecule has 1 unspecified atom stereocenters. The van der Waals surface area contributed by atoms with Crippen LogP contribution < -0.4 is 10.1 Å². The van der Waals surface area contributed by atoms with Crippen molar-refractivity contribution in [3.63, 3.8) is 0 Å². The maximum Gasteiger partial charge on any atom is 0.307 e. The number of ether oxygens (including phenoxy) is 3. The minimum atomic E-state index is -0.681. The molecule has 0 saturated heterocycles. The molecule has 0 aliphatic heterocycles. The summed E-state index contributed by atoms with van der Waals surface area (Å²) in [5.41, 5.74) is 1.40. The summed E-state index contributed by atoms with van der Waals surface area (Å²) in [5, 5.41) is 3.05. The van der Waals surface area contributed by atoms with Gasteiger partial charge in [0, 0.05) is 13.7 Å². The van der Waals surface area contributed by atoms with Crippen LogP contribution in [0.25, 0.3) is 0 Å². The first-order valence-corrected chi connectivity index (χ1v) is 7.60. The number of esters is 1. The van der Waals surface area contributed by atoms with Crippen LogP contribution >= 0.6 is 0 Å². The van der Waals surface area contributed by atoms with Gasteiger partial charge < -0.3 is 19.5 Å². The highest BCUT2D eigenvalue weighted by atomic mass is 16.5. The fourth-order valence-corrected chi connectivity index (χ4v) is 2.18. The highest BCUT2D eigenvalue weighted by Gasteiger charge is 2.25. The lowest BCUT2D eigenvalue weighted by Crippen LogP contribution is -2.40. The van der Waals surface area contributed by atoms with Gasteiger partial charge in [-0.1, -0.05) is 11.6 Å². The predicted molar refractivity (Wildman–Crippen MR) is 87.0 cm³/mol. The van der Waals surface area contributed by atoms with Crippen molar-refractivity contribution in [1.29, 1.82) is 0 Å². The molecule has 6 nitrogen and oxygen atoms in total. The highest BCUT2D eigenvalue weighted by Crippen LogP contribution is 2.22. The normalized spacial score (nSPS) is 11.8. The molecule has 0 saturated carbocycles. The fraction of sp³-hybridized carbons (Fsp3) is 0.529. The van der Waals surface area contributed by atoms with E-state index in [0.29, 0.717) is 24.5 Å². The molecule has 0 spiro atoms. The zero-order valence-corrected chi connectivity index (χ0v) is 14.2. The summed E-state index contributed by atoms with van der Waals surface area (Å²) < 4.78 is 15.2. The van der Waals surface area contributed by atoms with Crippen LogP contribution in [-0.4, -0.2) is 51.8 Å². The number of Topliss-reactive ketones (excluding diaryl/α,β-unsaturated/α-hetero) is 1. The van der Waals surface area contributed by atoms with Crippen molar-refractivity contribution in [2.24, 2.45) is 0 Å². The summed E-state index contributed by atoms with van der Waals surface area (Å²) in [4.78, 5) is 24.6. The Morgan fingerprint density at radius 2 is 2.00 bits per heavy atom. The van der Waals surface area contributed by atoms with Gasteiger partial charge in [0.05, 0.1) is 38.3 Å². The van der Waals surface area contributed by atoms with Crippen molar-refractivity contribution in [3.05, 3.63) is 29.3 Å². The standard InChI is InChI=1S/C17H25NO5/c1-5-23-16(19)11-14(18-8-9-21-3)17(20)13-10-12(2)6-7-15(13)22-4/h6-7,10,14,18H,5,8-9,11H2,1-4H3. The number of nitrogens with one attached hydrogen (secondary N) is 1. The summed E-state index contributed by atoms with van der Waals surface area (Å²) in [6.07, 6.45) is -0.0342. The van der Waals surface area contributed by atoms with Gasteiger partial charge in [0.2, 0.25) is 0 Å². The number of aryl methyl sites for hydroxylation is 1. The smallest absolute Gasteiger partial charge is 0.307 e. The highest BCUT2D eigenvalue weighted by molar-refractivity contribution is 6.04. The second-order valence-electron chi connectivity index (χ2n) is 5.08. The summed E-state index contributed by atoms with van der Waals surface area (Å²) in [5.74, 6) is -0.125. The largest absolute Gasteiger partial charge is 0.496 e. The molecule has 0 amide bonds. The van der Waals surface area contributed by atoms with Gasteiger partial charge in [-0.25, -0.2) is 0 Å². The molecule has 0 aliphatic carbocycles. The van der Waals surface area contributed by atoms with E-state index in [1.807, 2.05) is 13.0 Å². The summed E-state index contributed by atoms with van der Waals surface area (Å²) in [6, 6.07) is 4.70. The molecule has 1 rings (SSSR count). The molecule has 0 aliphatic rings. The van der Waals surface area contributed by atoms with Gasteiger partial charge >= 0.3 is 5.97 Å². The minimum absolute atomic E-state index is 0.0342. The second-order valence-corrected chi connectivity index (χ2v) is 5.08. The second kappa shape index (κ2) is 9.97. The summed E-state index contributed by atoms with van der Waals surface area (Å²) in [6.45, 7) is 4.81. The number of hydrogen-bond donors (Lipinski definition) is 1. The quantitative estimate of drug-likeness (QED) is 0.402. The Morgan fingerprint density at radius 3 is 2.61 bits per heavy atom. The molecule has 1 aromatic carbocycles. The molecule has 1 aromatic rings. The van der Waals surface area contributed by atoms with Gasteiger partial charge in [0.1, 0.15) is 5.75 Å². The molecule has 6 heteroatoms. The number of carbonyl (C=O) groups is 2. The van der Waals surface area contributed by atoms with Crippen LogP contribution in [0.3, 0.4) is 0 Å². The minimum Gasteiger partial charge on any atom is -0.496 e. The van der Waals surface area contributed by atoms with E-state index in [1.165, 1.54) is 7.11 Å². The fourth-order valence-electron chi connectivity index (χ4n) is 2.18. The molecule has 1 atom stereocenters. The topological polar surface area (TPSA) is 73.9 Å². The number of carbonyl (C=O) groups excluding carboxylic acids is 2. The van der Waals surface area contributed by atoms with Crippen molar-refractivity contribution < 1.29 is 23.8 Å². The molecule has 128 valence electrons. The third-order valence-electron chi connectivity index (χ3n) is 3.31. The first-order valence-electron chi connectivity index (χ1n) is 7.60. The Hall–Kier alpha value is -1.92. The van der Waals surface area contributed by atoms with Crippen LogP contribution in [-0.2, 0) is 14.3 Å². The molecule has 0 aromatic heterocycles. The van der Waals surface area contributed by atoms with Gasteiger partial charge in [-0.2, -0.15) is 0 Å². The van der Waals surface area contributed by atoms with E-state index in [2.05, 4.69) is 5.32 Å². The number of benzene rings is 1. The zero-order valence-electron chi connectivity index (χ0n) is 14.2. The van der Waals surface area contributed by atoms with Crippen molar-refractivity contribution >= 4 is 11.8 Å². The molecule has 0 fully saturated rings. The van der Waals surface area contributed by atoms with Crippen LogP contribution in [0.1, 0.15) is 29.3 Å². The number of hydrogen-bond acceptors (Lipinski definition) is 6. The van der Waals surface area contributed by atoms with E-state index in [-0.39, 0.29) is 18.8 Å².